The molecule has 0 fully saturated rings. The van der Waals surface area contributed by atoms with Crippen molar-refractivity contribution in [2.75, 3.05) is 13.7 Å². The number of oxazole rings is 1. The molecule has 1 heterocycles. The molecule has 0 aliphatic carbocycles. The van der Waals surface area contributed by atoms with Crippen molar-refractivity contribution >= 4 is 0 Å². The van der Waals surface area contributed by atoms with Crippen LogP contribution in [0.3, 0.4) is 0 Å². The van der Waals surface area contributed by atoms with Gasteiger partial charge in [-0.1, -0.05) is 34.6 Å². The van der Waals surface area contributed by atoms with Gasteiger partial charge < -0.3 is 9.52 Å². The summed E-state index contributed by atoms with van der Waals surface area (Å²) in [5.74, 6) is 1.27. The van der Waals surface area contributed by atoms with Gasteiger partial charge in [-0.15, -0.1) is 0 Å². The fraction of sp³-hybridized carbons (Fsp3) is 0.786. The normalized spacial score (nSPS) is 14.5. The van der Waals surface area contributed by atoms with Gasteiger partial charge >= 0.3 is 0 Å². The number of hydrogen-bond donors (Lipinski definition) is 1. The topological polar surface area (TPSA) is 49.5 Å². The highest BCUT2D eigenvalue weighted by Gasteiger charge is 2.28. The minimum atomic E-state index is 0.0330. The summed E-state index contributed by atoms with van der Waals surface area (Å²) < 4.78 is 5.43. The number of hydrogen-bond acceptors (Lipinski definition) is 4. The van der Waals surface area contributed by atoms with Crippen molar-refractivity contribution in [2.45, 2.75) is 53.1 Å². The van der Waals surface area contributed by atoms with Crippen LogP contribution in [0.2, 0.25) is 0 Å². The van der Waals surface area contributed by atoms with Crippen LogP contribution in [-0.2, 0) is 6.54 Å². The summed E-state index contributed by atoms with van der Waals surface area (Å²) in [6.07, 6.45) is 1.50. The Morgan fingerprint density at radius 3 is 2.44 bits per heavy atom. The number of aliphatic hydroxyl groups is 1. The fourth-order valence-corrected chi connectivity index (χ4v) is 2.29. The molecule has 0 aliphatic rings. The van der Waals surface area contributed by atoms with Gasteiger partial charge in [0.15, 0.2) is 6.39 Å². The summed E-state index contributed by atoms with van der Waals surface area (Å²) in [7, 11) is 2.02. The average molecular weight is 254 g/mol. The van der Waals surface area contributed by atoms with Crippen molar-refractivity contribution in [3.63, 3.8) is 0 Å². The predicted molar refractivity (Wildman–Crippen MR) is 72.4 cm³/mol. The van der Waals surface area contributed by atoms with Crippen LogP contribution in [-0.4, -0.2) is 34.7 Å². The predicted octanol–water partition coefficient (Wildman–Crippen LogP) is 2.64. The molecule has 1 rings (SSSR count). The Kier molecular flexibility index (Phi) is 4.93. The Bertz CT molecular complexity index is 366. The largest absolute Gasteiger partial charge is 0.448 e. The minimum Gasteiger partial charge on any atom is -0.448 e. The Balaban J connectivity index is 2.80. The monoisotopic (exact) mass is 254 g/mol. The number of likely N-dealkylation sites (N-methyl/N-ethyl adjacent to an activating group) is 1. The molecule has 0 amide bonds. The molecule has 1 unspecified atom stereocenters. The van der Waals surface area contributed by atoms with E-state index in [4.69, 9.17) is 4.42 Å². The molecule has 18 heavy (non-hydrogen) atoms. The Morgan fingerprint density at radius 2 is 2.00 bits per heavy atom. The van der Waals surface area contributed by atoms with E-state index in [-0.39, 0.29) is 18.1 Å². The highest BCUT2D eigenvalue weighted by molar-refractivity contribution is 5.11. The third-order valence-electron chi connectivity index (χ3n) is 3.30. The summed E-state index contributed by atoms with van der Waals surface area (Å²) in [5.41, 5.74) is 1.00. The van der Waals surface area contributed by atoms with E-state index in [0.717, 1.165) is 11.5 Å². The van der Waals surface area contributed by atoms with Crippen LogP contribution in [0.15, 0.2) is 10.8 Å². The molecular formula is C14H26N2O2. The van der Waals surface area contributed by atoms with E-state index in [1.165, 1.54) is 6.39 Å². The highest BCUT2D eigenvalue weighted by atomic mass is 16.3. The van der Waals surface area contributed by atoms with Crippen LogP contribution >= 0.6 is 0 Å². The fourth-order valence-electron chi connectivity index (χ4n) is 2.29. The van der Waals surface area contributed by atoms with Gasteiger partial charge in [0.2, 0.25) is 0 Å². The molecule has 4 nitrogen and oxygen atoms in total. The molecular weight excluding hydrogens is 228 g/mol. The van der Waals surface area contributed by atoms with E-state index >= 15 is 0 Å². The third-order valence-corrected chi connectivity index (χ3v) is 3.30. The van der Waals surface area contributed by atoms with E-state index < -0.39 is 0 Å². The van der Waals surface area contributed by atoms with E-state index in [9.17, 15) is 5.11 Å². The van der Waals surface area contributed by atoms with E-state index in [1.54, 1.807) is 0 Å². The lowest BCUT2D eigenvalue weighted by molar-refractivity contribution is 0.0603. The lowest BCUT2D eigenvalue weighted by atomic mass is 9.86. The molecule has 1 N–H and O–H groups in total. The first-order chi connectivity index (χ1) is 8.27. The van der Waals surface area contributed by atoms with Gasteiger partial charge in [-0.2, -0.15) is 0 Å². The molecule has 0 aromatic carbocycles. The van der Waals surface area contributed by atoms with Crippen molar-refractivity contribution in [3.8, 4) is 0 Å². The summed E-state index contributed by atoms with van der Waals surface area (Å²) in [4.78, 5) is 6.43. The first-order valence-electron chi connectivity index (χ1n) is 6.50. The minimum absolute atomic E-state index is 0.0330. The average Bonchev–Trinajstić information content (AvgIpc) is 2.64. The van der Waals surface area contributed by atoms with Crippen molar-refractivity contribution in [2.24, 2.45) is 5.41 Å². The van der Waals surface area contributed by atoms with Crippen molar-refractivity contribution in [1.82, 2.24) is 9.88 Å². The molecule has 0 saturated heterocycles. The van der Waals surface area contributed by atoms with Crippen molar-refractivity contribution in [1.29, 1.82) is 0 Å². The highest BCUT2D eigenvalue weighted by Crippen LogP contribution is 2.26. The van der Waals surface area contributed by atoms with Gasteiger partial charge in [0.25, 0.3) is 0 Å². The molecule has 1 atom stereocenters. The number of nitrogens with zero attached hydrogens (tertiary/aromatic N) is 2. The third kappa shape index (κ3) is 3.56. The van der Waals surface area contributed by atoms with Crippen LogP contribution in [0.25, 0.3) is 0 Å². The Morgan fingerprint density at radius 1 is 1.39 bits per heavy atom. The zero-order chi connectivity index (χ0) is 13.9. The molecule has 1 aromatic rings. The summed E-state index contributed by atoms with van der Waals surface area (Å²) >= 11 is 0. The zero-order valence-corrected chi connectivity index (χ0v) is 12.4. The number of aromatic nitrogens is 1. The maximum atomic E-state index is 9.55. The lowest BCUT2D eigenvalue weighted by Gasteiger charge is -2.36. The van der Waals surface area contributed by atoms with Gasteiger partial charge in [0.1, 0.15) is 5.76 Å². The van der Waals surface area contributed by atoms with Crippen LogP contribution in [0.4, 0.5) is 0 Å². The SMILES string of the molecule is CC(C)c1ocnc1CN(C)C(CO)C(C)(C)C. The van der Waals surface area contributed by atoms with Crippen molar-refractivity contribution < 1.29 is 9.52 Å². The molecule has 1 aromatic heterocycles. The van der Waals surface area contributed by atoms with Gasteiger partial charge in [0.05, 0.1) is 12.3 Å². The Hall–Kier alpha value is -0.870. The maximum absolute atomic E-state index is 9.55. The summed E-state index contributed by atoms with van der Waals surface area (Å²) in [5, 5.41) is 9.55. The molecule has 0 spiro atoms. The van der Waals surface area contributed by atoms with Crippen LogP contribution in [0.1, 0.15) is 52.0 Å². The lowest BCUT2D eigenvalue weighted by Crippen LogP contribution is -2.44. The van der Waals surface area contributed by atoms with Crippen molar-refractivity contribution in [3.05, 3.63) is 17.8 Å². The second-order valence-electron chi connectivity index (χ2n) is 6.30. The first-order valence-corrected chi connectivity index (χ1v) is 6.50. The maximum Gasteiger partial charge on any atom is 0.181 e. The van der Waals surface area contributed by atoms with Gasteiger partial charge in [-0.3, -0.25) is 4.90 Å². The van der Waals surface area contributed by atoms with Gasteiger partial charge in [-0.05, 0) is 12.5 Å². The van der Waals surface area contributed by atoms with E-state index in [1.807, 2.05) is 7.05 Å². The van der Waals surface area contributed by atoms with Crippen LogP contribution < -0.4 is 0 Å². The van der Waals surface area contributed by atoms with Gasteiger partial charge in [0, 0.05) is 18.5 Å². The molecule has 4 heteroatoms. The molecule has 0 aliphatic heterocycles. The van der Waals surface area contributed by atoms with E-state index in [0.29, 0.717) is 12.5 Å². The van der Waals surface area contributed by atoms with Gasteiger partial charge in [-0.25, -0.2) is 4.98 Å². The van der Waals surface area contributed by atoms with E-state index in [2.05, 4.69) is 44.5 Å². The number of aliphatic hydroxyl groups excluding tert-OH is 1. The standard InChI is InChI=1S/C14H26N2O2/c1-10(2)13-11(15-9-18-13)7-16(6)12(8-17)14(3,4)5/h9-10,12,17H,7-8H2,1-6H3. The van der Waals surface area contributed by atoms with Crippen LogP contribution in [0, 0.1) is 5.41 Å². The molecule has 0 bridgehead atoms. The second-order valence-corrected chi connectivity index (χ2v) is 6.30. The molecule has 104 valence electrons. The summed E-state index contributed by atoms with van der Waals surface area (Å²) in [6, 6.07) is 0.106. The first kappa shape index (κ1) is 15.2. The zero-order valence-electron chi connectivity index (χ0n) is 12.4. The molecule has 0 saturated carbocycles. The smallest absolute Gasteiger partial charge is 0.181 e. The Labute approximate surface area is 110 Å². The number of rotatable bonds is 5. The molecule has 0 radical (unpaired) electrons. The quantitative estimate of drug-likeness (QED) is 0.877. The summed E-state index contributed by atoms with van der Waals surface area (Å²) in [6.45, 7) is 11.4. The second kappa shape index (κ2) is 5.85. The van der Waals surface area contributed by atoms with Crippen LogP contribution in [0.5, 0.6) is 0 Å².